The molecule has 3 rings (SSSR count). The SMILES string of the molecule is O=C(O)C(Cc1ccccc1)NC(=O)C1CC1c1ccccc1OC(F)(F)F. The van der Waals surface area contributed by atoms with Gasteiger partial charge in [0.2, 0.25) is 5.91 Å². The molecule has 0 bridgehead atoms. The summed E-state index contributed by atoms with van der Waals surface area (Å²) < 4.78 is 41.7. The van der Waals surface area contributed by atoms with Crippen LogP contribution in [0.15, 0.2) is 54.6 Å². The van der Waals surface area contributed by atoms with E-state index < -0.39 is 36.1 Å². The molecule has 0 aliphatic heterocycles. The van der Waals surface area contributed by atoms with Crippen LogP contribution in [0, 0.1) is 5.92 Å². The molecular weight excluding hydrogens is 375 g/mol. The Labute approximate surface area is 159 Å². The van der Waals surface area contributed by atoms with E-state index in [9.17, 15) is 27.9 Å². The first-order chi connectivity index (χ1) is 13.2. The number of carbonyl (C=O) groups excluding carboxylic acids is 1. The van der Waals surface area contributed by atoms with Crippen LogP contribution in [0.1, 0.15) is 23.5 Å². The van der Waals surface area contributed by atoms with Gasteiger partial charge in [-0.25, -0.2) is 4.79 Å². The zero-order chi connectivity index (χ0) is 20.3. The Morgan fingerprint density at radius 3 is 2.39 bits per heavy atom. The molecule has 2 aromatic carbocycles. The molecule has 1 saturated carbocycles. The van der Waals surface area contributed by atoms with E-state index in [0.29, 0.717) is 6.42 Å². The number of para-hydroxylation sites is 1. The number of ether oxygens (including phenoxy) is 1. The molecule has 0 aromatic heterocycles. The van der Waals surface area contributed by atoms with E-state index >= 15 is 0 Å². The Morgan fingerprint density at radius 1 is 1.11 bits per heavy atom. The number of hydrogen-bond donors (Lipinski definition) is 2. The molecule has 1 aliphatic rings. The largest absolute Gasteiger partial charge is 0.573 e. The number of carbonyl (C=O) groups is 2. The molecule has 2 N–H and O–H groups in total. The summed E-state index contributed by atoms with van der Waals surface area (Å²) in [7, 11) is 0. The van der Waals surface area contributed by atoms with E-state index in [0.717, 1.165) is 5.56 Å². The predicted octanol–water partition coefficient (Wildman–Crippen LogP) is 3.50. The van der Waals surface area contributed by atoms with Crippen molar-refractivity contribution >= 4 is 11.9 Å². The van der Waals surface area contributed by atoms with Gasteiger partial charge in [0.15, 0.2) is 0 Å². The molecule has 2 aromatic rings. The normalized spacial score (nSPS) is 19.5. The van der Waals surface area contributed by atoms with Crippen molar-refractivity contribution in [3.05, 3.63) is 65.7 Å². The van der Waals surface area contributed by atoms with Gasteiger partial charge in [-0.3, -0.25) is 4.79 Å². The average molecular weight is 393 g/mol. The summed E-state index contributed by atoms with van der Waals surface area (Å²) in [5.41, 5.74) is 1.04. The minimum atomic E-state index is -4.83. The maximum absolute atomic E-state index is 12.6. The summed E-state index contributed by atoms with van der Waals surface area (Å²) in [5.74, 6) is -3.03. The Morgan fingerprint density at radius 2 is 1.75 bits per heavy atom. The molecule has 5 nitrogen and oxygen atoms in total. The molecule has 1 fully saturated rings. The summed E-state index contributed by atoms with van der Waals surface area (Å²) in [6, 6.07) is 13.4. The summed E-state index contributed by atoms with van der Waals surface area (Å²) >= 11 is 0. The van der Waals surface area contributed by atoms with Crippen LogP contribution in [-0.4, -0.2) is 29.4 Å². The zero-order valence-electron chi connectivity index (χ0n) is 14.6. The summed E-state index contributed by atoms with van der Waals surface area (Å²) in [6.07, 6.45) is -4.37. The Balaban J connectivity index is 1.66. The van der Waals surface area contributed by atoms with Crippen LogP contribution in [0.25, 0.3) is 0 Å². The lowest BCUT2D eigenvalue weighted by atomic mass is 10.0. The zero-order valence-corrected chi connectivity index (χ0v) is 14.6. The third kappa shape index (κ3) is 5.03. The highest BCUT2D eigenvalue weighted by Gasteiger charge is 2.47. The maximum atomic E-state index is 12.6. The molecule has 0 saturated heterocycles. The van der Waals surface area contributed by atoms with Crippen molar-refractivity contribution in [2.24, 2.45) is 5.92 Å². The first-order valence-electron chi connectivity index (χ1n) is 8.66. The third-order valence-electron chi connectivity index (χ3n) is 4.57. The van der Waals surface area contributed by atoms with E-state index in [1.165, 1.54) is 18.2 Å². The van der Waals surface area contributed by atoms with Crippen LogP contribution in [0.3, 0.4) is 0 Å². The van der Waals surface area contributed by atoms with Gasteiger partial charge in [-0.1, -0.05) is 48.5 Å². The topological polar surface area (TPSA) is 75.6 Å². The van der Waals surface area contributed by atoms with Crippen molar-refractivity contribution < 1.29 is 32.6 Å². The van der Waals surface area contributed by atoms with Gasteiger partial charge in [0.1, 0.15) is 11.8 Å². The Kier molecular flexibility index (Phi) is 5.58. The van der Waals surface area contributed by atoms with Gasteiger partial charge in [0, 0.05) is 12.3 Å². The first kappa shape index (κ1) is 19.7. The van der Waals surface area contributed by atoms with E-state index in [1.807, 2.05) is 0 Å². The fraction of sp³-hybridized carbons (Fsp3) is 0.300. The average Bonchev–Trinajstić information content (AvgIpc) is 3.42. The second-order valence-electron chi connectivity index (χ2n) is 6.62. The number of benzene rings is 2. The highest BCUT2D eigenvalue weighted by molar-refractivity contribution is 5.87. The summed E-state index contributed by atoms with van der Waals surface area (Å²) in [6.45, 7) is 0. The van der Waals surface area contributed by atoms with Crippen molar-refractivity contribution in [2.75, 3.05) is 0 Å². The highest BCUT2D eigenvalue weighted by Crippen LogP contribution is 2.51. The van der Waals surface area contributed by atoms with Gasteiger partial charge in [-0.05, 0) is 29.5 Å². The smallest absolute Gasteiger partial charge is 0.480 e. The van der Waals surface area contributed by atoms with E-state index in [2.05, 4.69) is 10.1 Å². The van der Waals surface area contributed by atoms with Crippen molar-refractivity contribution in [1.29, 1.82) is 0 Å². The number of halogens is 3. The second kappa shape index (κ2) is 7.92. The number of carboxylic acids is 1. The molecule has 1 aliphatic carbocycles. The van der Waals surface area contributed by atoms with Gasteiger partial charge >= 0.3 is 12.3 Å². The number of aliphatic carboxylic acids is 1. The molecule has 148 valence electrons. The number of alkyl halides is 3. The van der Waals surface area contributed by atoms with Crippen molar-refractivity contribution in [3.8, 4) is 5.75 Å². The van der Waals surface area contributed by atoms with E-state index in [4.69, 9.17) is 0 Å². The third-order valence-corrected chi connectivity index (χ3v) is 4.57. The van der Waals surface area contributed by atoms with Crippen LogP contribution < -0.4 is 10.1 Å². The Hall–Kier alpha value is -3.03. The van der Waals surface area contributed by atoms with Crippen LogP contribution >= 0.6 is 0 Å². The highest BCUT2D eigenvalue weighted by atomic mass is 19.4. The van der Waals surface area contributed by atoms with E-state index in [-0.39, 0.29) is 17.7 Å². The van der Waals surface area contributed by atoms with Crippen molar-refractivity contribution in [1.82, 2.24) is 5.32 Å². The Bertz CT molecular complexity index is 854. The lowest BCUT2D eigenvalue weighted by molar-refractivity contribution is -0.274. The lowest BCUT2D eigenvalue weighted by Gasteiger charge is -2.15. The minimum Gasteiger partial charge on any atom is -0.480 e. The van der Waals surface area contributed by atoms with Gasteiger partial charge < -0.3 is 15.2 Å². The molecule has 0 radical (unpaired) electrons. The maximum Gasteiger partial charge on any atom is 0.573 e. The molecular formula is C20H18F3NO4. The molecule has 3 atom stereocenters. The first-order valence-corrected chi connectivity index (χ1v) is 8.66. The fourth-order valence-corrected chi connectivity index (χ4v) is 3.16. The second-order valence-corrected chi connectivity index (χ2v) is 6.62. The van der Waals surface area contributed by atoms with Crippen molar-refractivity contribution in [2.45, 2.75) is 31.2 Å². The number of nitrogens with one attached hydrogen (secondary N) is 1. The summed E-state index contributed by atoms with van der Waals surface area (Å²) in [4.78, 5) is 23.9. The lowest BCUT2D eigenvalue weighted by Crippen LogP contribution is -2.43. The predicted molar refractivity (Wildman–Crippen MR) is 93.7 cm³/mol. The number of amides is 1. The summed E-state index contributed by atoms with van der Waals surface area (Å²) in [5, 5.41) is 11.9. The van der Waals surface area contributed by atoms with Gasteiger partial charge in [0.25, 0.3) is 0 Å². The van der Waals surface area contributed by atoms with Gasteiger partial charge in [-0.15, -0.1) is 13.2 Å². The van der Waals surface area contributed by atoms with E-state index in [1.54, 1.807) is 36.4 Å². The molecule has 8 heteroatoms. The van der Waals surface area contributed by atoms with Crippen molar-refractivity contribution in [3.63, 3.8) is 0 Å². The number of hydrogen-bond acceptors (Lipinski definition) is 3. The number of carboxylic acid groups (broad SMARTS) is 1. The number of rotatable bonds is 7. The quantitative estimate of drug-likeness (QED) is 0.755. The van der Waals surface area contributed by atoms with Gasteiger partial charge in [0.05, 0.1) is 0 Å². The standard InChI is InChI=1S/C20H18F3NO4/c21-20(22,23)28-17-9-5-4-8-13(17)14-11-15(14)18(25)24-16(19(26)27)10-12-6-2-1-3-7-12/h1-9,14-16H,10-11H2,(H,24,25)(H,26,27). The molecule has 28 heavy (non-hydrogen) atoms. The molecule has 0 spiro atoms. The molecule has 3 unspecified atom stereocenters. The molecule has 1 amide bonds. The minimum absolute atomic E-state index is 0.118. The van der Waals surface area contributed by atoms with Crippen LogP contribution in [0.4, 0.5) is 13.2 Å². The van der Waals surface area contributed by atoms with Crippen LogP contribution in [0.5, 0.6) is 5.75 Å². The van der Waals surface area contributed by atoms with Gasteiger partial charge in [-0.2, -0.15) is 0 Å². The monoisotopic (exact) mass is 393 g/mol. The van der Waals surface area contributed by atoms with Crippen LogP contribution in [-0.2, 0) is 16.0 Å². The molecule has 0 heterocycles. The van der Waals surface area contributed by atoms with Crippen LogP contribution in [0.2, 0.25) is 0 Å². The fourth-order valence-electron chi connectivity index (χ4n) is 3.16.